The molecule has 1 fully saturated rings. The predicted molar refractivity (Wildman–Crippen MR) is 128 cm³/mol. The Morgan fingerprint density at radius 1 is 1.06 bits per heavy atom. The molecule has 0 saturated carbocycles. The normalized spacial score (nSPS) is 15.5. The number of nitrogens with two attached hydrogens (primary N) is 1. The molecule has 1 atom stereocenters. The predicted octanol–water partition coefficient (Wildman–Crippen LogP) is 1.61. The van der Waals surface area contributed by atoms with Gasteiger partial charge in [-0.3, -0.25) is 24.4 Å². The standard InChI is InChI=1S/C25H26N6O3/c26-23(32)12-22-16-28-7-8-31(22)25(34)20-10-19(14-29-15-20)18-4-1-5-21(11-18)30-24(33)9-17-3-2-6-27-13-17/h1-6,10-11,13-15,22,28H,7-9,12,16H2,(H2,26,32)(H,30,33). The fourth-order valence-corrected chi connectivity index (χ4v) is 3.99. The number of carbonyl (C=O) groups is 3. The van der Waals surface area contributed by atoms with Gasteiger partial charge in [0.05, 0.1) is 18.0 Å². The minimum Gasteiger partial charge on any atom is -0.370 e. The van der Waals surface area contributed by atoms with E-state index in [0.717, 1.165) is 16.7 Å². The largest absolute Gasteiger partial charge is 0.370 e. The molecule has 4 N–H and O–H groups in total. The Morgan fingerprint density at radius 2 is 1.94 bits per heavy atom. The number of carbonyl (C=O) groups excluding carboxylic acids is 3. The Morgan fingerprint density at radius 3 is 2.74 bits per heavy atom. The fourth-order valence-electron chi connectivity index (χ4n) is 3.99. The lowest BCUT2D eigenvalue weighted by Crippen LogP contribution is -2.54. The third-order valence-corrected chi connectivity index (χ3v) is 5.60. The summed E-state index contributed by atoms with van der Waals surface area (Å²) in [6, 6.07) is 12.5. The Bertz CT molecular complexity index is 1180. The third kappa shape index (κ3) is 5.81. The number of rotatable bonds is 7. The highest BCUT2D eigenvalue weighted by atomic mass is 16.2. The lowest BCUT2D eigenvalue weighted by atomic mass is 10.0. The van der Waals surface area contributed by atoms with Gasteiger partial charge in [0, 0.05) is 62.1 Å². The van der Waals surface area contributed by atoms with Crippen molar-refractivity contribution >= 4 is 23.4 Å². The molecule has 0 bridgehead atoms. The number of hydrogen-bond acceptors (Lipinski definition) is 6. The number of primary amides is 1. The molecule has 1 aliphatic heterocycles. The zero-order chi connectivity index (χ0) is 23.9. The summed E-state index contributed by atoms with van der Waals surface area (Å²) in [5.74, 6) is -0.782. The second-order valence-electron chi connectivity index (χ2n) is 8.16. The molecule has 174 valence electrons. The van der Waals surface area contributed by atoms with Crippen molar-refractivity contribution in [1.82, 2.24) is 20.2 Å². The van der Waals surface area contributed by atoms with Gasteiger partial charge in [0.25, 0.3) is 5.91 Å². The van der Waals surface area contributed by atoms with Gasteiger partial charge >= 0.3 is 0 Å². The van der Waals surface area contributed by atoms with E-state index >= 15 is 0 Å². The highest BCUT2D eigenvalue weighted by molar-refractivity contribution is 5.96. The number of nitrogens with one attached hydrogen (secondary N) is 2. The highest BCUT2D eigenvalue weighted by Crippen LogP contribution is 2.24. The summed E-state index contributed by atoms with van der Waals surface area (Å²) in [6.45, 7) is 1.65. The average Bonchev–Trinajstić information content (AvgIpc) is 2.84. The van der Waals surface area contributed by atoms with Crippen molar-refractivity contribution in [3.05, 3.63) is 78.4 Å². The molecule has 3 aromatic rings. The van der Waals surface area contributed by atoms with Crippen molar-refractivity contribution in [3.8, 4) is 11.1 Å². The van der Waals surface area contributed by atoms with E-state index in [9.17, 15) is 14.4 Å². The van der Waals surface area contributed by atoms with E-state index in [4.69, 9.17) is 5.73 Å². The van der Waals surface area contributed by atoms with Crippen LogP contribution in [0.25, 0.3) is 11.1 Å². The van der Waals surface area contributed by atoms with E-state index in [-0.39, 0.29) is 30.7 Å². The molecule has 34 heavy (non-hydrogen) atoms. The molecular formula is C25H26N6O3. The van der Waals surface area contributed by atoms with Gasteiger partial charge in [-0.05, 0) is 35.4 Å². The molecule has 0 radical (unpaired) electrons. The summed E-state index contributed by atoms with van der Waals surface area (Å²) in [7, 11) is 0. The second kappa shape index (κ2) is 10.7. The van der Waals surface area contributed by atoms with E-state index in [0.29, 0.717) is 30.9 Å². The third-order valence-electron chi connectivity index (χ3n) is 5.60. The molecular weight excluding hydrogens is 432 g/mol. The summed E-state index contributed by atoms with van der Waals surface area (Å²) < 4.78 is 0. The van der Waals surface area contributed by atoms with Crippen molar-refractivity contribution < 1.29 is 14.4 Å². The maximum Gasteiger partial charge on any atom is 0.255 e. The van der Waals surface area contributed by atoms with Gasteiger partial charge in [-0.25, -0.2) is 0 Å². The van der Waals surface area contributed by atoms with Crippen LogP contribution in [0.3, 0.4) is 0 Å². The van der Waals surface area contributed by atoms with Crippen LogP contribution in [0.5, 0.6) is 0 Å². The SMILES string of the molecule is NC(=O)CC1CNCCN1C(=O)c1cncc(-c2cccc(NC(=O)Cc3cccnc3)c2)c1. The van der Waals surface area contributed by atoms with Crippen LogP contribution in [0.2, 0.25) is 0 Å². The van der Waals surface area contributed by atoms with E-state index < -0.39 is 5.91 Å². The van der Waals surface area contributed by atoms with Gasteiger partial charge in [0.15, 0.2) is 0 Å². The number of hydrogen-bond donors (Lipinski definition) is 3. The van der Waals surface area contributed by atoms with Crippen LogP contribution < -0.4 is 16.4 Å². The summed E-state index contributed by atoms with van der Waals surface area (Å²) in [6.07, 6.45) is 6.85. The van der Waals surface area contributed by atoms with Crippen molar-refractivity contribution in [3.63, 3.8) is 0 Å². The van der Waals surface area contributed by atoms with Gasteiger partial charge in [-0.1, -0.05) is 18.2 Å². The van der Waals surface area contributed by atoms with E-state index in [1.165, 1.54) is 6.20 Å². The number of nitrogens with zero attached hydrogens (tertiary/aromatic N) is 3. The summed E-state index contributed by atoms with van der Waals surface area (Å²) >= 11 is 0. The monoisotopic (exact) mass is 458 g/mol. The van der Waals surface area contributed by atoms with E-state index in [2.05, 4.69) is 20.6 Å². The second-order valence-corrected chi connectivity index (χ2v) is 8.16. The van der Waals surface area contributed by atoms with E-state index in [1.807, 2.05) is 30.3 Å². The van der Waals surface area contributed by atoms with Crippen LogP contribution in [-0.2, 0) is 16.0 Å². The molecule has 0 aliphatic carbocycles. The minimum absolute atomic E-state index is 0.104. The topological polar surface area (TPSA) is 130 Å². The first-order valence-electron chi connectivity index (χ1n) is 11.0. The van der Waals surface area contributed by atoms with Crippen molar-refractivity contribution in [2.75, 3.05) is 25.0 Å². The number of benzene rings is 1. The van der Waals surface area contributed by atoms with Gasteiger partial charge in [-0.15, -0.1) is 0 Å². The van der Waals surface area contributed by atoms with Crippen molar-refractivity contribution in [1.29, 1.82) is 0 Å². The molecule has 9 nitrogen and oxygen atoms in total. The molecule has 3 heterocycles. The Kier molecular flexibility index (Phi) is 7.24. The molecule has 1 aliphatic rings. The fraction of sp³-hybridized carbons (Fsp3) is 0.240. The first-order valence-corrected chi connectivity index (χ1v) is 11.0. The van der Waals surface area contributed by atoms with Crippen LogP contribution in [0.1, 0.15) is 22.3 Å². The first-order chi connectivity index (χ1) is 16.5. The molecule has 3 amide bonds. The van der Waals surface area contributed by atoms with E-state index in [1.54, 1.807) is 35.6 Å². The Balaban J connectivity index is 1.49. The van der Waals surface area contributed by atoms with Crippen molar-refractivity contribution in [2.45, 2.75) is 18.9 Å². The van der Waals surface area contributed by atoms with Crippen molar-refractivity contribution in [2.24, 2.45) is 5.73 Å². The van der Waals surface area contributed by atoms with Gasteiger partial charge < -0.3 is 21.3 Å². The zero-order valence-corrected chi connectivity index (χ0v) is 18.6. The lowest BCUT2D eigenvalue weighted by Gasteiger charge is -2.35. The summed E-state index contributed by atoms with van der Waals surface area (Å²) in [5.41, 5.74) is 8.83. The van der Waals surface area contributed by atoms with Crippen LogP contribution in [-0.4, -0.2) is 58.3 Å². The number of pyridine rings is 2. The van der Waals surface area contributed by atoms with Gasteiger partial charge in [0.1, 0.15) is 0 Å². The quantitative estimate of drug-likeness (QED) is 0.493. The van der Waals surface area contributed by atoms with Gasteiger partial charge in [0.2, 0.25) is 11.8 Å². The molecule has 1 unspecified atom stereocenters. The maximum atomic E-state index is 13.2. The molecule has 9 heteroatoms. The number of anilines is 1. The molecule has 1 saturated heterocycles. The van der Waals surface area contributed by atoms with Crippen LogP contribution >= 0.6 is 0 Å². The number of piperazine rings is 1. The number of aromatic nitrogens is 2. The molecule has 0 spiro atoms. The lowest BCUT2D eigenvalue weighted by molar-refractivity contribution is -0.119. The summed E-state index contributed by atoms with van der Waals surface area (Å²) in [5, 5.41) is 6.10. The maximum absolute atomic E-state index is 13.2. The number of amides is 3. The first kappa shape index (κ1) is 23.1. The van der Waals surface area contributed by atoms with Crippen LogP contribution in [0, 0.1) is 0 Å². The van der Waals surface area contributed by atoms with Gasteiger partial charge in [-0.2, -0.15) is 0 Å². The zero-order valence-electron chi connectivity index (χ0n) is 18.6. The minimum atomic E-state index is -0.444. The molecule has 1 aromatic carbocycles. The Labute approximate surface area is 197 Å². The summed E-state index contributed by atoms with van der Waals surface area (Å²) in [4.78, 5) is 47.0. The Hall–Kier alpha value is -4.11. The van der Waals surface area contributed by atoms with Crippen LogP contribution in [0.4, 0.5) is 5.69 Å². The smallest absolute Gasteiger partial charge is 0.255 e. The van der Waals surface area contributed by atoms with Crippen LogP contribution in [0.15, 0.2) is 67.3 Å². The molecule has 2 aromatic heterocycles. The molecule has 4 rings (SSSR count). The highest BCUT2D eigenvalue weighted by Gasteiger charge is 2.28. The average molecular weight is 459 g/mol.